The molecule has 0 aliphatic heterocycles. The molecule has 0 spiro atoms. The molecule has 3 nitrogen and oxygen atoms in total. The number of rotatable bonds is 6. The van der Waals surface area contributed by atoms with Gasteiger partial charge in [-0.15, -0.1) is 0 Å². The van der Waals surface area contributed by atoms with Gasteiger partial charge in [0, 0.05) is 22.5 Å². The van der Waals surface area contributed by atoms with Crippen LogP contribution in [0, 0.1) is 5.41 Å². The maximum absolute atomic E-state index is 13.3. The minimum atomic E-state index is -4.43. The van der Waals surface area contributed by atoms with E-state index in [9.17, 15) is 18.3 Å². The van der Waals surface area contributed by atoms with E-state index >= 15 is 0 Å². The van der Waals surface area contributed by atoms with E-state index < -0.39 is 26.2 Å². The summed E-state index contributed by atoms with van der Waals surface area (Å²) in [5.74, 6) is 0.0205. The molecule has 0 radical (unpaired) electrons. The Kier molecular flexibility index (Phi) is 8.79. The van der Waals surface area contributed by atoms with Gasteiger partial charge in [0.1, 0.15) is 6.10 Å². The first-order valence-electron chi connectivity index (χ1n) is 15.1. The Morgan fingerprint density at radius 1 is 1.05 bits per heavy atom. The third kappa shape index (κ3) is 6.67. The van der Waals surface area contributed by atoms with E-state index in [0.29, 0.717) is 5.56 Å². The van der Waals surface area contributed by atoms with Crippen LogP contribution in [-0.4, -0.2) is 18.4 Å². The Morgan fingerprint density at radius 3 is 2.20 bits per heavy atom. The molecule has 7 heteroatoms. The number of aromatic nitrogens is 1. The summed E-state index contributed by atoms with van der Waals surface area (Å²) in [7, 11) is -2.18. The lowest BCUT2D eigenvalue weighted by Gasteiger charge is -2.45. The minimum absolute atomic E-state index is 0.00689. The summed E-state index contributed by atoms with van der Waals surface area (Å²) in [5, 5.41) is 12.0. The number of aliphatic hydroxyl groups is 1. The molecule has 1 aromatic heterocycles. The predicted octanol–water partition coefficient (Wildman–Crippen LogP) is 10.3. The summed E-state index contributed by atoms with van der Waals surface area (Å²) in [6.07, 6.45) is 2.33. The maximum atomic E-state index is 13.3. The number of hydrogen-bond donors (Lipinski definition) is 1. The van der Waals surface area contributed by atoms with E-state index in [1.165, 1.54) is 17.7 Å². The SMILES string of the molecule is CC(C)c1nc2c(c(C3=CCCCC3)c1C(O)c1ccc(C(F)(F)F)cc1)[C@H](O[Si](C)(C)C(C)(C)C)CC(C)(C)C2. The summed E-state index contributed by atoms with van der Waals surface area (Å²) in [6.45, 7) is 20.0. The van der Waals surface area contributed by atoms with E-state index in [4.69, 9.17) is 9.41 Å². The van der Waals surface area contributed by atoms with Gasteiger partial charge in [0.15, 0.2) is 8.32 Å². The van der Waals surface area contributed by atoms with Gasteiger partial charge in [-0.25, -0.2) is 0 Å². The molecular weight excluding hydrogens is 539 g/mol. The van der Waals surface area contributed by atoms with Gasteiger partial charge in [-0.05, 0) is 96.8 Å². The molecule has 1 heterocycles. The number of hydrogen-bond acceptors (Lipinski definition) is 3. The van der Waals surface area contributed by atoms with E-state index in [1.807, 2.05) is 0 Å². The predicted molar refractivity (Wildman–Crippen MR) is 163 cm³/mol. The van der Waals surface area contributed by atoms with Crippen LogP contribution in [-0.2, 0) is 17.0 Å². The van der Waals surface area contributed by atoms with Crippen molar-refractivity contribution in [3.05, 3.63) is 69.5 Å². The van der Waals surface area contributed by atoms with Gasteiger partial charge in [-0.1, -0.05) is 66.7 Å². The minimum Gasteiger partial charge on any atom is -0.410 e. The van der Waals surface area contributed by atoms with Crippen LogP contribution in [0.5, 0.6) is 0 Å². The summed E-state index contributed by atoms with van der Waals surface area (Å²) in [4.78, 5) is 5.28. The highest BCUT2D eigenvalue weighted by Crippen LogP contribution is 2.52. The average molecular weight is 588 g/mol. The fourth-order valence-electron chi connectivity index (χ4n) is 6.08. The summed E-state index contributed by atoms with van der Waals surface area (Å²) < 4.78 is 47.2. The van der Waals surface area contributed by atoms with E-state index in [2.05, 4.69) is 67.6 Å². The van der Waals surface area contributed by atoms with Crippen molar-refractivity contribution in [1.82, 2.24) is 4.98 Å². The molecule has 2 atom stereocenters. The van der Waals surface area contributed by atoms with Crippen molar-refractivity contribution >= 4 is 13.9 Å². The first-order chi connectivity index (χ1) is 18.8. The van der Waals surface area contributed by atoms with E-state index in [1.54, 1.807) is 0 Å². The van der Waals surface area contributed by atoms with Gasteiger partial charge in [0.05, 0.1) is 11.7 Å². The number of aliphatic hydroxyl groups excluding tert-OH is 1. The summed E-state index contributed by atoms with van der Waals surface area (Å²) >= 11 is 0. The molecule has 2 aliphatic carbocycles. The van der Waals surface area contributed by atoms with Crippen LogP contribution < -0.4 is 0 Å². The third-order valence-corrected chi connectivity index (χ3v) is 13.8. The molecule has 0 saturated carbocycles. The molecule has 1 aromatic carbocycles. The number of alkyl halides is 3. The molecule has 41 heavy (non-hydrogen) atoms. The van der Waals surface area contributed by atoms with Gasteiger partial charge < -0.3 is 9.53 Å². The lowest BCUT2D eigenvalue weighted by atomic mass is 9.70. The number of nitrogens with zero attached hydrogens (tertiary/aromatic N) is 1. The van der Waals surface area contributed by atoms with Gasteiger partial charge >= 0.3 is 6.18 Å². The van der Waals surface area contributed by atoms with Crippen LogP contribution in [0.3, 0.4) is 0 Å². The largest absolute Gasteiger partial charge is 0.416 e. The van der Waals surface area contributed by atoms with Gasteiger partial charge in [0.25, 0.3) is 0 Å². The molecule has 226 valence electrons. The van der Waals surface area contributed by atoms with Crippen molar-refractivity contribution in [2.75, 3.05) is 0 Å². The van der Waals surface area contributed by atoms with Crippen LogP contribution in [0.4, 0.5) is 13.2 Å². The second-order valence-electron chi connectivity index (χ2n) is 14.7. The van der Waals surface area contributed by atoms with E-state index in [0.717, 1.165) is 78.7 Å². The number of allylic oxidation sites excluding steroid dienone is 2. The highest BCUT2D eigenvalue weighted by molar-refractivity contribution is 6.74. The molecule has 0 saturated heterocycles. The van der Waals surface area contributed by atoms with Crippen molar-refractivity contribution in [2.45, 2.75) is 129 Å². The highest BCUT2D eigenvalue weighted by atomic mass is 28.4. The number of benzene rings is 1. The molecule has 2 aromatic rings. The number of halogens is 3. The quantitative estimate of drug-likeness (QED) is 0.342. The molecule has 0 fully saturated rings. The monoisotopic (exact) mass is 587 g/mol. The number of pyridine rings is 1. The Balaban J connectivity index is 2.01. The fourth-order valence-corrected chi connectivity index (χ4v) is 7.34. The van der Waals surface area contributed by atoms with Crippen molar-refractivity contribution < 1.29 is 22.7 Å². The molecule has 4 rings (SSSR count). The van der Waals surface area contributed by atoms with Crippen LogP contribution >= 0.6 is 0 Å². The van der Waals surface area contributed by atoms with Crippen LogP contribution in [0.2, 0.25) is 18.1 Å². The number of fused-ring (bicyclic) bond motifs is 1. The topological polar surface area (TPSA) is 42.4 Å². The second kappa shape index (κ2) is 11.3. The summed E-state index contributed by atoms with van der Waals surface area (Å²) in [6, 6.07) is 4.93. The molecule has 0 amide bonds. The molecule has 2 aliphatic rings. The normalized spacial score (nSPS) is 20.5. The molecule has 1 unspecified atom stereocenters. The Morgan fingerprint density at radius 2 is 1.68 bits per heavy atom. The molecule has 0 bridgehead atoms. The van der Waals surface area contributed by atoms with E-state index in [-0.39, 0.29) is 22.5 Å². The van der Waals surface area contributed by atoms with Crippen LogP contribution in [0.1, 0.15) is 138 Å². The summed E-state index contributed by atoms with van der Waals surface area (Å²) in [5.41, 5.74) is 5.64. The zero-order valence-electron chi connectivity index (χ0n) is 26.3. The van der Waals surface area contributed by atoms with Gasteiger partial charge in [-0.2, -0.15) is 13.2 Å². The highest BCUT2D eigenvalue weighted by Gasteiger charge is 2.45. The van der Waals surface area contributed by atoms with Crippen molar-refractivity contribution in [3.63, 3.8) is 0 Å². The Bertz CT molecular complexity index is 1290. The van der Waals surface area contributed by atoms with Crippen LogP contribution in [0.15, 0.2) is 30.3 Å². The first-order valence-corrected chi connectivity index (χ1v) is 18.0. The third-order valence-electron chi connectivity index (χ3n) is 9.32. The second-order valence-corrected chi connectivity index (χ2v) is 19.5. The zero-order chi connectivity index (χ0) is 30.5. The lowest BCUT2D eigenvalue weighted by molar-refractivity contribution is -0.137. The maximum Gasteiger partial charge on any atom is 0.416 e. The van der Waals surface area contributed by atoms with Gasteiger partial charge in [-0.3, -0.25) is 4.98 Å². The average Bonchev–Trinajstić information content (AvgIpc) is 2.85. The lowest BCUT2D eigenvalue weighted by Crippen LogP contribution is -2.44. The zero-order valence-corrected chi connectivity index (χ0v) is 27.3. The first kappa shape index (κ1) is 32.0. The standard InChI is InChI=1S/C34H48F3NO2Si/c1-21(2)30-29(31(39)23-15-17-24(18-16-23)34(35,36)37)27(22-13-11-10-12-14-22)28-25(38-30)19-33(6,7)20-26(28)40-41(8,9)32(3,4)5/h13,15-18,21,26,31,39H,10-12,14,19-20H2,1-9H3/t26-,31?/m1/s1. The molecule has 1 N–H and O–H groups in total. The molecular formula is C34H48F3NO2Si. The van der Waals surface area contributed by atoms with Crippen LogP contribution in [0.25, 0.3) is 5.57 Å². The fraction of sp³-hybridized carbons (Fsp3) is 0.618. The Labute approximate surface area is 245 Å². The van der Waals surface area contributed by atoms with Crippen molar-refractivity contribution in [2.24, 2.45) is 5.41 Å². The Hall–Kier alpha value is -1.96. The van der Waals surface area contributed by atoms with Crippen molar-refractivity contribution in [3.8, 4) is 0 Å². The van der Waals surface area contributed by atoms with Crippen molar-refractivity contribution in [1.29, 1.82) is 0 Å². The smallest absolute Gasteiger partial charge is 0.410 e. The van der Waals surface area contributed by atoms with Gasteiger partial charge in [0.2, 0.25) is 0 Å².